The highest BCUT2D eigenvalue weighted by molar-refractivity contribution is 6.32. The third kappa shape index (κ3) is 5.89. The van der Waals surface area contributed by atoms with Gasteiger partial charge in [0.2, 0.25) is 11.8 Å². The summed E-state index contributed by atoms with van der Waals surface area (Å²) in [6.45, 7) is 4.18. The number of ether oxygens (including phenoxy) is 2. The second-order valence-electron chi connectivity index (χ2n) is 5.75. The van der Waals surface area contributed by atoms with Crippen LogP contribution in [-0.2, 0) is 9.59 Å². The van der Waals surface area contributed by atoms with E-state index >= 15 is 0 Å². The van der Waals surface area contributed by atoms with Crippen LogP contribution in [0.1, 0.15) is 20.3 Å². The normalized spacial score (nSPS) is 10.2. The smallest absolute Gasteiger partial charge is 0.226 e. The summed E-state index contributed by atoms with van der Waals surface area (Å²) >= 11 is 6.13. The first-order valence-corrected chi connectivity index (χ1v) is 8.96. The van der Waals surface area contributed by atoms with Gasteiger partial charge in [0.25, 0.3) is 0 Å². The van der Waals surface area contributed by atoms with Crippen molar-refractivity contribution in [3.63, 3.8) is 0 Å². The largest absolute Gasteiger partial charge is 0.495 e. The monoisotopic (exact) mass is 390 g/mol. The molecule has 0 fully saturated rings. The number of carbonyl (C=O) groups excluding carboxylic acids is 2. The molecule has 1 N–H and O–H groups in total. The van der Waals surface area contributed by atoms with Crippen LogP contribution in [0.5, 0.6) is 11.5 Å². The molecule has 7 heteroatoms. The Balaban J connectivity index is 1.98. The van der Waals surface area contributed by atoms with Gasteiger partial charge in [0, 0.05) is 31.3 Å². The molecule has 0 radical (unpaired) electrons. The Kier molecular flexibility index (Phi) is 7.49. The zero-order chi connectivity index (χ0) is 19.8. The fourth-order valence-corrected chi connectivity index (χ4v) is 2.78. The average molecular weight is 391 g/mol. The van der Waals surface area contributed by atoms with E-state index in [1.54, 1.807) is 42.5 Å². The molecule has 144 valence electrons. The third-order valence-corrected chi connectivity index (χ3v) is 4.13. The Morgan fingerprint density at radius 2 is 1.85 bits per heavy atom. The van der Waals surface area contributed by atoms with Gasteiger partial charge in [-0.3, -0.25) is 9.59 Å². The second kappa shape index (κ2) is 9.83. The van der Waals surface area contributed by atoms with Crippen molar-refractivity contribution in [3.05, 3.63) is 47.5 Å². The Bertz CT molecular complexity index is 793. The van der Waals surface area contributed by atoms with E-state index in [1.165, 1.54) is 18.9 Å². The Morgan fingerprint density at radius 3 is 2.41 bits per heavy atom. The quantitative estimate of drug-likeness (QED) is 0.735. The number of carbonyl (C=O) groups is 2. The molecule has 0 bridgehead atoms. The SMILES string of the molecule is CCOc1ccc(NC(=O)CCN(C(C)=O)c2ccc(OC)c(Cl)c2)cc1. The average Bonchev–Trinajstić information content (AvgIpc) is 2.63. The summed E-state index contributed by atoms with van der Waals surface area (Å²) in [4.78, 5) is 25.7. The van der Waals surface area contributed by atoms with Crippen LogP contribution in [0.4, 0.5) is 11.4 Å². The Labute approximate surface area is 164 Å². The van der Waals surface area contributed by atoms with Crippen molar-refractivity contribution >= 4 is 34.8 Å². The minimum atomic E-state index is -0.190. The number of rotatable bonds is 8. The number of nitrogens with one attached hydrogen (secondary N) is 1. The molecule has 2 aromatic carbocycles. The molecule has 0 aromatic heterocycles. The van der Waals surface area contributed by atoms with Crippen LogP contribution in [0.15, 0.2) is 42.5 Å². The van der Waals surface area contributed by atoms with E-state index < -0.39 is 0 Å². The van der Waals surface area contributed by atoms with Gasteiger partial charge < -0.3 is 19.7 Å². The number of methoxy groups -OCH3 is 1. The van der Waals surface area contributed by atoms with E-state index in [1.807, 2.05) is 6.92 Å². The lowest BCUT2D eigenvalue weighted by Gasteiger charge is -2.21. The maximum absolute atomic E-state index is 12.2. The molecule has 0 spiro atoms. The van der Waals surface area contributed by atoms with Gasteiger partial charge >= 0.3 is 0 Å². The molecule has 2 rings (SSSR count). The van der Waals surface area contributed by atoms with Crippen molar-refractivity contribution in [2.45, 2.75) is 20.3 Å². The molecule has 2 aromatic rings. The number of hydrogen-bond donors (Lipinski definition) is 1. The second-order valence-corrected chi connectivity index (χ2v) is 6.15. The summed E-state index contributed by atoms with van der Waals surface area (Å²) in [6, 6.07) is 12.2. The van der Waals surface area contributed by atoms with Gasteiger partial charge in [-0.2, -0.15) is 0 Å². The van der Waals surface area contributed by atoms with Crippen LogP contribution < -0.4 is 19.7 Å². The van der Waals surface area contributed by atoms with Crippen LogP contribution in [0, 0.1) is 0 Å². The molecule has 0 saturated heterocycles. The maximum atomic E-state index is 12.2. The molecule has 0 heterocycles. The van der Waals surface area contributed by atoms with Crippen LogP contribution in [-0.4, -0.2) is 32.1 Å². The van der Waals surface area contributed by atoms with E-state index in [9.17, 15) is 9.59 Å². The lowest BCUT2D eigenvalue weighted by molar-refractivity contribution is -0.117. The first kappa shape index (κ1) is 20.6. The number of benzene rings is 2. The molecule has 2 amide bonds. The molecule has 27 heavy (non-hydrogen) atoms. The highest BCUT2D eigenvalue weighted by Crippen LogP contribution is 2.29. The summed E-state index contributed by atoms with van der Waals surface area (Å²) in [5, 5.41) is 3.21. The van der Waals surface area contributed by atoms with E-state index in [0.29, 0.717) is 28.8 Å². The first-order valence-electron chi connectivity index (χ1n) is 8.59. The third-order valence-electron chi connectivity index (χ3n) is 3.84. The van der Waals surface area contributed by atoms with E-state index in [4.69, 9.17) is 21.1 Å². The van der Waals surface area contributed by atoms with Gasteiger partial charge in [0.1, 0.15) is 11.5 Å². The summed E-state index contributed by atoms with van der Waals surface area (Å²) < 4.78 is 10.5. The minimum absolute atomic E-state index is 0.149. The lowest BCUT2D eigenvalue weighted by Crippen LogP contribution is -2.31. The molecule has 6 nitrogen and oxygen atoms in total. The highest BCUT2D eigenvalue weighted by Gasteiger charge is 2.15. The number of amides is 2. The first-order chi connectivity index (χ1) is 12.9. The zero-order valence-corrected chi connectivity index (χ0v) is 16.4. The summed E-state index contributed by atoms with van der Waals surface area (Å²) in [5.74, 6) is 0.905. The van der Waals surface area contributed by atoms with Crippen LogP contribution in [0.3, 0.4) is 0 Å². The predicted molar refractivity (Wildman–Crippen MR) is 107 cm³/mol. The minimum Gasteiger partial charge on any atom is -0.495 e. The molecular weight excluding hydrogens is 368 g/mol. The molecule has 0 unspecified atom stereocenters. The van der Waals surface area contributed by atoms with Crippen molar-refractivity contribution < 1.29 is 19.1 Å². The van der Waals surface area contributed by atoms with Crippen molar-refractivity contribution in [2.24, 2.45) is 0 Å². The van der Waals surface area contributed by atoms with Crippen molar-refractivity contribution in [2.75, 3.05) is 30.5 Å². The van der Waals surface area contributed by atoms with Gasteiger partial charge in [-0.1, -0.05) is 11.6 Å². The zero-order valence-electron chi connectivity index (χ0n) is 15.6. The van der Waals surface area contributed by atoms with E-state index in [2.05, 4.69) is 5.32 Å². The fraction of sp³-hybridized carbons (Fsp3) is 0.300. The maximum Gasteiger partial charge on any atom is 0.226 e. The van der Waals surface area contributed by atoms with Crippen molar-refractivity contribution in [1.29, 1.82) is 0 Å². The molecule has 0 saturated carbocycles. The summed E-state index contributed by atoms with van der Waals surface area (Å²) in [7, 11) is 1.52. The lowest BCUT2D eigenvalue weighted by atomic mass is 10.2. The topological polar surface area (TPSA) is 67.9 Å². The van der Waals surface area contributed by atoms with Gasteiger partial charge in [-0.05, 0) is 49.4 Å². The number of nitrogens with zero attached hydrogens (tertiary/aromatic N) is 1. The van der Waals surface area contributed by atoms with Crippen LogP contribution >= 0.6 is 11.6 Å². The Morgan fingerprint density at radius 1 is 1.15 bits per heavy atom. The van der Waals surface area contributed by atoms with E-state index in [-0.39, 0.29) is 24.8 Å². The summed E-state index contributed by atoms with van der Waals surface area (Å²) in [5.41, 5.74) is 1.28. The van der Waals surface area contributed by atoms with Gasteiger partial charge in [-0.25, -0.2) is 0 Å². The molecule has 0 atom stereocenters. The fourth-order valence-electron chi connectivity index (χ4n) is 2.53. The molecule has 0 aliphatic rings. The van der Waals surface area contributed by atoms with Gasteiger partial charge in [0.05, 0.1) is 18.7 Å². The number of halogens is 1. The van der Waals surface area contributed by atoms with Crippen molar-refractivity contribution in [1.82, 2.24) is 0 Å². The van der Waals surface area contributed by atoms with E-state index in [0.717, 1.165) is 5.75 Å². The van der Waals surface area contributed by atoms with Crippen LogP contribution in [0.2, 0.25) is 5.02 Å². The van der Waals surface area contributed by atoms with Crippen molar-refractivity contribution in [3.8, 4) is 11.5 Å². The number of hydrogen-bond acceptors (Lipinski definition) is 4. The van der Waals surface area contributed by atoms with Gasteiger partial charge in [-0.15, -0.1) is 0 Å². The van der Waals surface area contributed by atoms with Crippen LogP contribution in [0.25, 0.3) is 0 Å². The predicted octanol–water partition coefficient (Wildman–Crippen LogP) is 4.13. The molecular formula is C20H23ClN2O4. The van der Waals surface area contributed by atoms with Gasteiger partial charge in [0.15, 0.2) is 0 Å². The molecule has 0 aliphatic heterocycles. The molecule has 0 aliphatic carbocycles. The summed E-state index contributed by atoms with van der Waals surface area (Å²) in [6.07, 6.45) is 0.149. The Hall–Kier alpha value is -2.73. The standard InChI is InChI=1S/C20H23ClN2O4/c1-4-27-17-8-5-15(6-9-17)22-20(25)11-12-23(14(2)24)16-7-10-19(26-3)18(21)13-16/h5-10,13H,4,11-12H2,1-3H3,(H,22,25). The number of anilines is 2. The highest BCUT2D eigenvalue weighted by atomic mass is 35.5.